The van der Waals surface area contributed by atoms with E-state index in [0.29, 0.717) is 39.5 Å². The third-order valence-corrected chi connectivity index (χ3v) is 9.79. The Morgan fingerprint density at radius 1 is 0.727 bits per heavy atom. The average Bonchev–Trinajstić information content (AvgIpc) is 3.23. The molecule has 3 aliphatic rings. The molecule has 0 saturated carbocycles. The maximum Gasteiger partial charge on any atom is 0.410 e. The number of rotatable bonds is 10. The minimum atomic E-state index is -3.92. The number of hydrogen-bond acceptors (Lipinski definition) is 13. The molecule has 0 bridgehead atoms. The van der Waals surface area contributed by atoms with Crippen LogP contribution in [-0.4, -0.2) is 138 Å². The van der Waals surface area contributed by atoms with E-state index >= 15 is 0 Å². The molecular weight excluding hydrogens is 758 g/mol. The molecule has 0 aromatic heterocycles. The maximum atomic E-state index is 12.5. The van der Waals surface area contributed by atoms with Crippen LogP contribution in [0.25, 0.3) is 0 Å². The van der Waals surface area contributed by atoms with Crippen molar-refractivity contribution in [2.24, 2.45) is 0 Å². The lowest BCUT2D eigenvalue weighted by atomic mass is 10.2. The summed E-state index contributed by atoms with van der Waals surface area (Å²) in [7, 11) is -3.92. The Bertz CT molecular complexity index is 1640. The molecule has 17 heteroatoms. The number of amides is 2. The molecule has 3 saturated heterocycles. The van der Waals surface area contributed by atoms with Gasteiger partial charge in [0.2, 0.25) is 0 Å². The fourth-order valence-corrected chi connectivity index (χ4v) is 6.30. The van der Waals surface area contributed by atoms with Crippen molar-refractivity contribution >= 4 is 34.7 Å². The van der Waals surface area contributed by atoms with Gasteiger partial charge in [-0.05, 0) is 30.2 Å². The summed E-state index contributed by atoms with van der Waals surface area (Å²) < 4.78 is 56.2. The van der Waals surface area contributed by atoms with E-state index in [0.717, 1.165) is 29.8 Å². The van der Waals surface area contributed by atoms with Crippen molar-refractivity contribution in [2.45, 2.75) is 43.2 Å². The van der Waals surface area contributed by atoms with Gasteiger partial charge in [0.1, 0.15) is 13.2 Å². The highest BCUT2D eigenvalue weighted by Crippen LogP contribution is 2.17. The highest BCUT2D eigenvalue weighted by molar-refractivity contribution is 7.86. The van der Waals surface area contributed by atoms with Crippen molar-refractivity contribution in [2.75, 3.05) is 79.1 Å². The molecule has 3 fully saturated rings. The minimum absolute atomic E-state index is 0. The summed E-state index contributed by atoms with van der Waals surface area (Å²) in [5.41, 5.74) is 2.77. The summed E-state index contributed by atoms with van der Waals surface area (Å²) in [6.07, 6.45) is -0.922. The van der Waals surface area contributed by atoms with E-state index in [9.17, 15) is 18.0 Å². The Morgan fingerprint density at radius 2 is 1.24 bits per heavy atom. The van der Waals surface area contributed by atoms with Crippen LogP contribution in [0, 0.1) is 6.92 Å². The average molecular weight is 810 g/mol. The van der Waals surface area contributed by atoms with Crippen LogP contribution < -0.4 is 5.32 Å². The summed E-state index contributed by atoms with van der Waals surface area (Å²) >= 11 is 0. The Hall–Kier alpha value is -3.84. The quantitative estimate of drug-likeness (QED) is 0.255. The highest BCUT2D eigenvalue weighted by atomic mass is 35.5. The lowest BCUT2D eigenvalue weighted by molar-refractivity contribution is -0.0272. The van der Waals surface area contributed by atoms with Crippen LogP contribution in [0.1, 0.15) is 16.7 Å². The zero-order valence-corrected chi connectivity index (χ0v) is 32.5. The van der Waals surface area contributed by atoms with E-state index in [-0.39, 0.29) is 69.0 Å². The summed E-state index contributed by atoms with van der Waals surface area (Å²) in [5, 5.41) is 20.8. The maximum absolute atomic E-state index is 12.5. The van der Waals surface area contributed by atoms with Gasteiger partial charge in [-0.2, -0.15) is 8.42 Å². The van der Waals surface area contributed by atoms with Crippen molar-refractivity contribution < 1.29 is 56.1 Å². The van der Waals surface area contributed by atoms with Crippen LogP contribution in [0.15, 0.2) is 89.8 Å². The van der Waals surface area contributed by atoms with Crippen LogP contribution in [0.5, 0.6) is 0 Å². The van der Waals surface area contributed by atoms with Gasteiger partial charge < -0.3 is 39.2 Å². The molecule has 55 heavy (non-hydrogen) atoms. The normalized spacial score (nSPS) is 19.7. The smallest absolute Gasteiger partial charge is 0.410 e. The summed E-state index contributed by atoms with van der Waals surface area (Å²) in [5.74, 6) is 0. The first-order valence-corrected chi connectivity index (χ1v) is 19.2. The van der Waals surface area contributed by atoms with E-state index in [1.807, 2.05) is 67.6 Å². The number of carbonyl (C=O) groups is 2. The zero-order valence-electron chi connectivity index (χ0n) is 30.9. The largest absolute Gasteiger partial charge is 0.445 e. The lowest BCUT2D eigenvalue weighted by Crippen LogP contribution is -2.51. The number of aliphatic hydroxyl groups excluding tert-OH is 2. The fourth-order valence-electron chi connectivity index (χ4n) is 5.36. The number of hydrogen-bond donors (Lipinski definition) is 3. The molecule has 0 aliphatic carbocycles. The molecule has 0 spiro atoms. The number of aliphatic hydroxyl groups is 2. The third-order valence-electron chi connectivity index (χ3n) is 8.49. The first kappa shape index (κ1) is 45.5. The molecule has 304 valence electrons. The zero-order chi connectivity index (χ0) is 38.6. The molecule has 15 nitrogen and oxygen atoms in total. The number of aryl methyl sites for hydroxylation is 1. The number of ether oxygens (including phenoxy) is 5. The first-order chi connectivity index (χ1) is 26.2. The number of nitrogens with zero attached hydrogens (tertiary/aromatic N) is 2. The number of nitrogens with one attached hydrogen (secondary N) is 1. The Kier molecular flexibility index (Phi) is 20.4. The van der Waals surface area contributed by atoms with Crippen LogP contribution >= 0.6 is 12.4 Å². The van der Waals surface area contributed by atoms with E-state index in [1.165, 1.54) is 21.9 Å². The van der Waals surface area contributed by atoms with Gasteiger partial charge in [0, 0.05) is 19.6 Å². The van der Waals surface area contributed by atoms with Crippen LogP contribution in [0.4, 0.5) is 9.59 Å². The van der Waals surface area contributed by atoms with Crippen molar-refractivity contribution in [3.63, 3.8) is 0 Å². The van der Waals surface area contributed by atoms with Gasteiger partial charge in [-0.25, -0.2) is 9.59 Å². The molecule has 3 aliphatic heterocycles. The van der Waals surface area contributed by atoms with Gasteiger partial charge in [-0.15, -0.1) is 12.4 Å². The lowest BCUT2D eigenvalue weighted by Gasteiger charge is -2.34. The Morgan fingerprint density at radius 3 is 1.71 bits per heavy atom. The predicted molar refractivity (Wildman–Crippen MR) is 204 cm³/mol. The van der Waals surface area contributed by atoms with E-state index in [4.69, 9.17) is 38.1 Å². The number of benzene rings is 3. The molecule has 3 aromatic rings. The SMILES string of the molecule is Cc1ccc(S(=O)(=O)OC[C@@H]2COCCN2C(=O)OCc2ccccc2)cc1.Cl.O=C(OCc1ccccc1)N1CCOC[C@H]1CO.OC[C@@H]1COCCN1. The highest BCUT2D eigenvalue weighted by Gasteiger charge is 2.31. The second-order valence-electron chi connectivity index (χ2n) is 12.6. The Balaban J connectivity index is 0.000000256. The van der Waals surface area contributed by atoms with E-state index in [2.05, 4.69) is 5.32 Å². The summed E-state index contributed by atoms with van der Waals surface area (Å²) in [6.45, 7) is 6.58. The molecule has 0 radical (unpaired) electrons. The van der Waals surface area contributed by atoms with Gasteiger partial charge in [-0.1, -0.05) is 78.4 Å². The number of morpholine rings is 3. The van der Waals surface area contributed by atoms with Gasteiger partial charge in [0.25, 0.3) is 10.1 Å². The van der Waals surface area contributed by atoms with Crippen molar-refractivity contribution in [3.8, 4) is 0 Å². The summed E-state index contributed by atoms with van der Waals surface area (Å²) in [4.78, 5) is 27.4. The van der Waals surface area contributed by atoms with Crippen molar-refractivity contribution in [3.05, 3.63) is 102 Å². The second-order valence-corrected chi connectivity index (χ2v) is 14.2. The molecule has 3 N–H and O–H groups in total. The minimum Gasteiger partial charge on any atom is -0.445 e. The second kappa shape index (κ2) is 24.6. The van der Waals surface area contributed by atoms with Crippen LogP contribution in [0.3, 0.4) is 0 Å². The first-order valence-electron chi connectivity index (χ1n) is 17.8. The van der Waals surface area contributed by atoms with E-state index in [1.54, 1.807) is 12.1 Å². The van der Waals surface area contributed by atoms with E-state index < -0.39 is 28.3 Å². The van der Waals surface area contributed by atoms with Gasteiger partial charge in [-0.3, -0.25) is 14.0 Å². The molecule has 3 heterocycles. The Labute approximate surface area is 328 Å². The van der Waals surface area contributed by atoms with Crippen molar-refractivity contribution in [1.29, 1.82) is 0 Å². The van der Waals surface area contributed by atoms with Crippen LogP contribution in [0.2, 0.25) is 0 Å². The third kappa shape index (κ3) is 15.7. The molecule has 2 amide bonds. The van der Waals surface area contributed by atoms with Gasteiger partial charge in [0.15, 0.2) is 0 Å². The monoisotopic (exact) mass is 809 g/mol. The van der Waals surface area contributed by atoms with Crippen LogP contribution in [-0.2, 0) is 51.2 Å². The molecular formula is C38H52ClN3O12S. The van der Waals surface area contributed by atoms with Gasteiger partial charge >= 0.3 is 12.2 Å². The topological polar surface area (TPSA) is 183 Å². The predicted octanol–water partition coefficient (Wildman–Crippen LogP) is 3.14. The molecule has 3 aromatic carbocycles. The molecule has 3 atom stereocenters. The number of halogens is 1. The molecule has 6 rings (SSSR count). The number of carbonyl (C=O) groups excluding carboxylic acids is 2. The van der Waals surface area contributed by atoms with Gasteiger partial charge in [0.05, 0.1) is 82.5 Å². The summed E-state index contributed by atoms with van der Waals surface area (Å²) in [6, 6.07) is 24.6. The fraction of sp³-hybridized carbons (Fsp3) is 0.474. The standard InChI is InChI=1S/C20H23NO6S.C13H17NO4.C5H11NO2.ClH/c1-16-7-9-19(10-8-16)28(23,24)27-15-18-14-25-12-11-21(18)20(22)26-13-17-5-3-2-4-6-17;15-8-12-10-17-7-6-14(12)13(16)18-9-11-4-2-1-3-5-11;7-3-5-4-8-2-1-6-5;/h2-10,18H,11-15H2,1H3;1-5,12,15H,6-10H2;5-7H,1-4H2;1H/t18-;12-;5-;/m011./s1. The molecule has 0 unspecified atom stereocenters. The van der Waals surface area contributed by atoms with Crippen molar-refractivity contribution in [1.82, 2.24) is 15.1 Å².